The van der Waals surface area contributed by atoms with Gasteiger partial charge in [0, 0.05) is 5.69 Å². The number of aryl methyl sites for hydroxylation is 1. The zero-order valence-electron chi connectivity index (χ0n) is 12.7. The van der Waals surface area contributed by atoms with Gasteiger partial charge in [0.2, 0.25) is 0 Å². The van der Waals surface area contributed by atoms with E-state index in [1.54, 1.807) is 13.3 Å². The molecule has 5 heteroatoms. The summed E-state index contributed by atoms with van der Waals surface area (Å²) in [4.78, 5) is 11.7. The molecule has 2 rings (SSSR count). The second-order valence-corrected chi connectivity index (χ2v) is 4.79. The van der Waals surface area contributed by atoms with Gasteiger partial charge in [-0.1, -0.05) is 24.3 Å². The SMILES string of the molecule is COc1cccc(/C=N/NC(=O)CNc2cccc(C)c2)c1. The molecule has 2 N–H and O–H groups in total. The number of carbonyl (C=O) groups is 1. The van der Waals surface area contributed by atoms with Crippen molar-refractivity contribution in [3.63, 3.8) is 0 Å². The van der Waals surface area contributed by atoms with E-state index in [4.69, 9.17) is 4.74 Å². The molecule has 0 saturated heterocycles. The number of nitrogens with one attached hydrogen (secondary N) is 2. The van der Waals surface area contributed by atoms with Crippen molar-refractivity contribution in [1.29, 1.82) is 0 Å². The topological polar surface area (TPSA) is 62.7 Å². The molecule has 0 aromatic heterocycles. The van der Waals surface area contributed by atoms with Crippen molar-refractivity contribution in [1.82, 2.24) is 5.43 Å². The van der Waals surface area contributed by atoms with E-state index in [0.29, 0.717) is 0 Å². The van der Waals surface area contributed by atoms with Crippen LogP contribution in [0.1, 0.15) is 11.1 Å². The smallest absolute Gasteiger partial charge is 0.259 e. The summed E-state index contributed by atoms with van der Waals surface area (Å²) in [6, 6.07) is 15.3. The highest BCUT2D eigenvalue weighted by molar-refractivity contribution is 5.84. The average molecular weight is 297 g/mol. The van der Waals surface area contributed by atoms with Gasteiger partial charge in [0.05, 0.1) is 19.9 Å². The summed E-state index contributed by atoms with van der Waals surface area (Å²) < 4.78 is 5.12. The number of anilines is 1. The summed E-state index contributed by atoms with van der Waals surface area (Å²) in [6.45, 7) is 2.17. The Morgan fingerprint density at radius 1 is 1.23 bits per heavy atom. The third-order valence-corrected chi connectivity index (χ3v) is 2.97. The van der Waals surface area contributed by atoms with Crippen LogP contribution in [-0.2, 0) is 4.79 Å². The minimum absolute atomic E-state index is 0.166. The Hall–Kier alpha value is -2.82. The molecular weight excluding hydrogens is 278 g/mol. The maximum absolute atomic E-state index is 11.7. The number of carbonyl (C=O) groups excluding carboxylic acids is 1. The lowest BCUT2D eigenvalue weighted by atomic mass is 10.2. The fraction of sp³-hybridized carbons (Fsp3) is 0.176. The highest BCUT2D eigenvalue weighted by Gasteiger charge is 1.99. The zero-order chi connectivity index (χ0) is 15.8. The van der Waals surface area contributed by atoms with Crippen LogP contribution in [0.5, 0.6) is 5.75 Å². The van der Waals surface area contributed by atoms with E-state index in [1.165, 1.54) is 0 Å². The Kier molecular flexibility index (Phi) is 5.54. The summed E-state index contributed by atoms with van der Waals surface area (Å²) in [6.07, 6.45) is 1.58. The number of hydrazone groups is 1. The number of ether oxygens (including phenoxy) is 1. The van der Waals surface area contributed by atoms with Crippen LogP contribution in [0.25, 0.3) is 0 Å². The average Bonchev–Trinajstić information content (AvgIpc) is 2.53. The second kappa shape index (κ2) is 7.83. The summed E-state index contributed by atoms with van der Waals surface area (Å²) >= 11 is 0. The molecule has 0 bridgehead atoms. The van der Waals surface area contributed by atoms with Crippen molar-refractivity contribution in [2.24, 2.45) is 5.10 Å². The van der Waals surface area contributed by atoms with E-state index in [2.05, 4.69) is 15.8 Å². The molecule has 0 heterocycles. The molecular formula is C17H19N3O2. The van der Waals surface area contributed by atoms with Gasteiger partial charge in [0.15, 0.2) is 0 Å². The lowest BCUT2D eigenvalue weighted by molar-refractivity contribution is -0.119. The Labute approximate surface area is 130 Å². The van der Waals surface area contributed by atoms with Gasteiger partial charge in [0.1, 0.15) is 5.75 Å². The lowest BCUT2D eigenvalue weighted by Crippen LogP contribution is -2.25. The highest BCUT2D eigenvalue weighted by Crippen LogP contribution is 2.10. The molecule has 0 radical (unpaired) electrons. The first-order valence-electron chi connectivity index (χ1n) is 6.94. The molecule has 22 heavy (non-hydrogen) atoms. The summed E-state index contributed by atoms with van der Waals surface area (Å²) in [5.74, 6) is 0.539. The number of hydrogen-bond donors (Lipinski definition) is 2. The van der Waals surface area contributed by atoms with Crippen LogP contribution >= 0.6 is 0 Å². The fourth-order valence-corrected chi connectivity index (χ4v) is 1.88. The molecule has 2 aromatic carbocycles. The lowest BCUT2D eigenvalue weighted by Gasteiger charge is -2.05. The van der Waals surface area contributed by atoms with Gasteiger partial charge >= 0.3 is 0 Å². The monoisotopic (exact) mass is 297 g/mol. The number of nitrogens with zero attached hydrogens (tertiary/aromatic N) is 1. The van der Waals surface area contributed by atoms with Gasteiger partial charge in [-0.05, 0) is 42.3 Å². The highest BCUT2D eigenvalue weighted by atomic mass is 16.5. The quantitative estimate of drug-likeness (QED) is 0.636. The van der Waals surface area contributed by atoms with Crippen LogP contribution in [-0.4, -0.2) is 25.8 Å². The van der Waals surface area contributed by atoms with Gasteiger partial charge in [-0.3, -0.25) is 4.79 Å². The molecule has 0 aliphatic carbocycles. The van der Waals surface area contributed by atoms with Gasteiger partial charge < -0.3 is 10.1 Å². The van der Waals surface area contributed by atoms with E-state index in [1.807, 2.05) is 55.5 Å². The molecule has 114 valence electrons. The first kappa shape index (κ1) is 15.6. The number of benzene rings is 2. The van der Waals surface area contributed by atoms with Gasteiger partial charge in [-0.25, -0.2) is 5.43 Å². The van der Waals surface area contributed by atoms with Crippen molar-refractivity contribution in [3.05, 3.63) is 59.7 Å². The van der Waals surface area contributed by atoms with Crippen LogP contribution in [0.3, 0.4) is 0 Å². The Morgan fingerprint density at radius 3 is 2.82 bits per heavy atom. The maximum Gasteiger partial charge on any atom is 0.259 e. The van der Waals surface area contributed by atoms with Crippen LogP contribution < -0.4 is 15.5 Å². The molecule has 0 aliphatic rings. The molecule has 0 spiro atoms. The van der Waals surface area contributed by atoms with Crippen molar-refractivity contribution in [3.8, 4) is 5.75 Å². The summed E-state index contributed by atoms with van der Waals surface area (Å²) in [5, 5.41) is 6.97. The van der Waals surface area contributed by atoms with Crippen LogP contribution in [0.15, 0.2) is 53.6 Å². The second-order valence-electron chi connectivity index (χ2n) is 4.79. The molecule has 1 amide bonds. The van der Waals surface area contributed by atoms with E-state index in [0.717, 1.165) is 22.6 Å². The Bertz CT molecular complexity index is 668. The molecule has 0 fully saturated rings. The minimum atomic E-state index is -0.208. The molecule has 0 atom stereocenters. The van der Waals surface area contributed by atoms with Gasteiger partial charge in [-0.2, -0.15) is 5.10 Å². The Balaban J connectivity index is 1.81. The van der Waals surface area contributed by atoms with E-state index in [-0.39, 0.29) is 12.5 Å². The van der Waals surface area contributed by atoms with E-state index < -0.39 is 0 Å². The number of methoxy groups -OCH3 is 1. The van der Waals surface area contributed by atoms with E-state index >= 15 is 0 Å². The largest absolute Gasteiger partial charge is 0.497 e. The van der Waals surface area contributed by atoms with Crippen LogP contribution in [0.2, 0.25) is 0 Å². The third-order valence-electron chi connectivity index (χ3n) is 2.97. The fourth-order valence-electron chi connectivity index (χ4n) is 1.88. The van der Waals surface area contributed by atoms with Crippen molar-refractivity contribution in [2.75, 3.05) is 19.0 Å². The van der Waals surface area contributed by atoms with Crippen molar-refractivity contribution >= 4 is 17.8 Å². The number of rotatable bonds is 6. The Morgan fingerprint density at radius 2 is 2.05 bits per heavy atom. The molecule has 2 aromatic rings. The van der Waals surface area contributed by atoms with Crippen LogP contribution in [0, 0.1) is 6.92 Å². The van der Waals surface area contributed by atoms with Gasteiger partial charge in [0.25, 0.3) is 5.91 Å². The third kappa shape index (κ3) is 4.94. The molecule has 0 saturated carbocycles. The van der Waals surface area contributed by atoms with Crippen molar-refractivity contribution < 1.29 is 9.53 Å². The minimum Gasteiger partial charge on any atom is -0.497 e. The van der Waals surface area contributed by atoms with Crippen LogP contribution in [0.4, 0.5) is 5.69 Å². The van der Waals surface area contributed by atoms with E-state index in [9.17, 15) is 4.79 Å². The standard InChI is InChI=1S/C17H19N3O2/c1-13-5-3-7-15(9-13)18-12-17(21)20-19-11-14-6-4-8-16(10-14)22-2/h3-11,18H,12H2,1-2H3,(H,20,21)/b19-11+. The zero-order valence-corrected chi connectivity index (χ0v) is 12.7. The normalized spacial score (nSPS) is 10.5. The van der Waals surface area contributed by atoms with Gasteiger partial charge in [-0.15, -0.1) is 0 Å². The maximum atomic E-state index is 11.7. The summed E-state index contributed by atoms with van der Waals surface area (Å²) in [7, 11) is 1.61. The number of hydrogen-bond acceptors (Lipinski definition) is 4. The summed E-state index contributed by atoms with van der Waals surface area (Å²) in [5.41, 5.74) is 5.38. The number of amides is 1. The molecule has 5 nitrogen and oxygen atoms in total. The molecule has 0 aliphatic heterocycles. The molecule has 0 unspecified atom stereocenters. The van der Waals surface area contributed by atoms with Crippen molar-refractivity contribution in [2.45, 2.75) is 6.92 Å². The first-order chi connectivity index (χ1) is 10.7. The first-order valence-corrected chi connectivity index (χ1v) is 6.94. The predicted molar refractivity (Wildman–Crippen MR) is 88.4 cm³/mol. The predicted octanol–water partition coefficient (Wildman–Crippen LogP) is 2.57.